The van der Waals surface area contributed by atoms with Gasteiger partial charge in [-0.2, -0.15) is 5.26 Å². The van der Waals surface area contributed by atoms with Crippen LogP contribution in [0, 0.1) is 23.1 Å². The normalized spacial score (nSPS) is 21.7. The van der Waals surface area contributed by atoms with Gasteiger partial charge >= 0.3 is 5.97 Å². The van der Waals surface area contributed by atoms with E-state index < -0.39 is 17.3 Å². The molecule has 9 nitrogen and oxygen atoms in total. The number of nitriles is 1. The molecule has 1 amide bonds. The number of fused-ring (bicyclic) bond motifs is 1. The van der Waals surface area contributed by atoms with Crippen molar-refractivity contribution >= 4 is 23.5 Å². The van der Waals surface area contributed by atoms with Crippen LogP contribution >= 0.6 is 11.6 Å². The molecule has 2 heterocycles. The second kappa shape index (κ2) is 10.5. The second-order valence-corrected chi connectivity index (χ2v) is 8.77. The Bertz CT molecular complexity index is 1190. The number of benzene rings is 2. The van der Waals surface area contributed by atoms with Crippen molar-refractivity contribution in [3.05, 3.63) is 46.7 Å². The number of rotatable bonds is 7. The lowest BCUT2D eigenvalue weighted by Gasteiger charge is -2.42. The summed E-state index contributed by atoms with van der Waals surface area (Å²) in [5, 5.41) is 25.4. The number of aromatic carboxylic acids is 1. The van der Waals surface area contributed by atoms with Gasteiger partial charge in [0.25, 0.3) is 0 Å². The third-order valence-corrected chi connectivity index (χ3v) is 6.49. The molecule has 0 radical (unpaired) electrons. The highest BCUT2D eigenvalue weighted by Crippen LogP contribution is 2.39. The zero-order chi connectivity index (χ0) is 25.1. The standard InChI is InChI=1S/C24H24ClFN4O5/c1-34-22-9-19(26)17(24(32)33)8-16(22)15-6-13(25)2-3-21(15)35-5-4-30-12-29-20-11-28-14(10-27)7-18(20)23(30)31/h2-3,6,8-9,14,18,20,28-29H,4-5,7,11-12H2,1H3,(H,32,33). The van der Waals surface area contributed by atoms with Crippen molar-refractivity contribution in [2.45, 2.75) is 18.5 Å². The summed E-state index contributed by atoms with van der Waals surface area (Å²) in [6.07, 6.45) is 0.446. The number of piperidine rings is 1. The van der Waals surface area contributed by atoms with E-state index in [-0.39, 0.29) is 36.3 Å². The molecule has 3 unspecified atom stereocenters. The van der Waals surface area contributed by atoms with Crippen LogP contribution in [0.3, 0.4) is 0 Å². The molecule has 35 heavy (non-hydrogen) atoms. The molecule has 11 heteroatoms. The molecule has 3 N–H and O–H groups in total. The first-order chi connectivity index (χ1) is 16.8. The summed E-state index contributed by atoms with van der Waals surface area (Å²) < 4.78 is 25.4. The molecule has 2 aliphatic rings. The highest BCUT2D eigenvalue weighted by atomic mass is 35.5. The summed E-state index contributed by atoms with van der Waals surface area (Å²) in [6, 6.07) is 8.80. The minimum absolute atomic E-state index is 0.0125. The van der Waals surface area contributed by atoms with Gasteiger partial charge in [0.15, 0.2) is 0 Å². The van der Waals surface area contributed by atoms with E-state index in [0.29, 0.717) is 48.1 Å². The molecular weight excluding hydrogens is 479 g/mol. The summed E-state index contributed by atoms with van der Waals surface area (Å²) in [4.78, 5) is 26.1. The Balaban J connectivity index is 1.51. The van der Waals surface area contributed by atoms with Crippen molar-refractivity contribution in [1.82, 2.24) is 15.5 Å². The highest BCUT2D eigenvalue weighted by molar-refractivity contribution is 6.31. The molecule has 0 aromatic heterocycles. The molecule has 0 saturated carbocycles. The number of carbonyl (C=O) groups excluding carboxylic acids is 1. The second-order valence-electron chi connectivity index (χ2n) is 8.33. The Hall–Kier alpha value is -3.39. The van der Waals surface area contributed by atoms with Crippen LogP contribution in [0.5, 0.6) is 11.5 Å². The van der Waals surface area contributed by atoms with Crippen molar-refractivity contribution in [3.8, 4) is 28.7 Å². The lowest BCUT2D eigenvalue weighted by Crippen LogP contribution is -2.64. The van der Waals surface area contributed by atoms with Crippen molar-refractivity contribution in [2.75, 3.05) is 33.5 Å². The number of halogens is 2. The van der Waals surface area contributed by atoms with E-state index in [0.717, 1.165) is 6.07 Å². The smallest absolute Gasteiger partial charge is 0.338 e. The fraction of sp³-hybridized carbons (Fsp3) is 0.375. The number of methoxy groups -OCH3 is 1. The number of amides is 1. The van der Waals surface area contributed by atoms with Gasteiger partial charge in [-0.3, -0.25) is 10.1 Å². The summed E-state index contributed by atoms with van der Waals surface area (Å²) in [7, 11) is 1.35. The highest BCUT2D eigenvalue weighted by Gasteiger charge is 2.40. The first-order valence-corrected chi connectivity index (χ1v) is 11.4. The van der Waals surface area contributed by atoms with Crippen molar-refractivity contribution < 1.29 is 28.6 Å². The fourth-order valence-electron chi connectivity index (χ4n) is 4.43. The van der Waals surface area contributed by atoms with Gasteiger partial charge in [0, 0.05) is 34.8 Å². The Labute approximate surface area is 206 Å². The lowest BCUT2D eigenvalue weighted by molar-refractivity contribution is -0.142. The van der Waals surface area contributed by atoms with Crippen LogP contribution in [-0.4, -0.2) is 67.4 Å². The van der Waals surface area contributed by atoms with E-state index in [1.165, 1.54) is 13.2 Å². The zero-order valence-corrected chi connectivity index (χ0v) is 19.6. The molecule has 184 valence electrons. The first kappa shape index (κ1) is 24.7. The molecule has 4 rings (SSSR count). The van der Waals surface area contributed by atoms with Crippen LogP contribution in [0.2, 0.25) is 5.02 Å². The van der Waals surface area contributed by atoms with E-state index >= 15 is 0 Å². The molecule has 0 spiro atoms. The number of nitrogens with one attached hydrogen (secondary N) is 2. The lowest BCUT2D eigenvalue weighted by atomic mass is 9.86. The average molecular weight is 503 g/mol. The van der Waals surface area contributed by atoms with E-state index in [1.54, 1.807) is 23.1 Å². The van der Waals surface area contributed by atoms with Crippen LogP contribution in [0.1, 0.15) is 16.8 Å². The van der Waals surface area contributed by atoms with Crippen molar-refractivity contribution in [1.29, 1.82) is 5.26 Å². The monoisotopic (exact) mass is 502 g/mol. The summed E-state index contributed by atoms with van der Waals surface area (Å²) in [5.74, 6) is -2.15. The maximum absolute atomic E-state index is 14.2. The van der Waals surface area contributed by atoms with Crippen molar-refractivity contribution in [3.63, 3.8) is 0 Å². The number of ether oxygens (including phenoxy) is 2. The number of hydrogen-bond acceptors (Lipinski definition) is 7. The molecule has 2 saturated heterocycles. The number of carbonyl (C=O) groups is 2. The van der Waals surface area contributed by atoms with Gasteiger partial charge in [0.2, 0.25) is 5.91 Å². The van der Waals surface area contributed by atoms with Crippen LogP contribution in [0.15, 0.2) is 30.3 Å². The summed E-state index contributed by atoms with van der Waals surface area (Å²) in [5.41, 5.74) is 0.221. The maximum atomic E-state index is 14.2. The minimum Gasteiger partial charge on any atom is -0.496 e. The number of carboxylic acid groups (broad SMARTS) is 1. The summed E-state index contributed by atoms with van der Waals surface area (Å²) in [6.45, 7) is 1.37. The predicted octanol–water partition coefficient (Wildman–Crippen LogP) is 2.49. The van der Waals surface area contributed by atoms with Crippen LogP contribution in [0.4, 0.5) is 4.39 Å². The molecule has 2 fully saturated rings. The largest absolute Gasteiger partial charge is 0.496 e. The van der Waals surface area contributed by atoms with Crippen molar-refractivity contribution in [2.24, 2.45) is 5.92 Å². The minimum atomic E-state index is -1.41. The van der Waals surface area contributed by atoms with E-state index in [1.807, 2.05) is 0 Å². The van der Waals surface area contributed by atoms with Crippen LogP contribution < -0.4 is 20.1 Å². The van der Waals surface area contributed by atoms with Gasteiger partial charge in [0.05, 0.1) is 43.9 Å². The molecular formula is C24H24ClFN4O5. The fourth-order valence-corrected chi connectivity index (χ4v) is 4.60. The van der Waals surface area contributed by atoms with Crippen LogP contribution in [0.25, 0.3) is 11.1 Å². The van der Waals surface area contributed by atoms with Gasteiger partial charge in [-0.15, -0.1) is 0 Å². The van der Waals surface area contributed by atoms with Crippen LogP contribution in [-0.2, 0) is 4.79 Å². The first-order valence-electron chi connectivity index (χ1n) is 11.0. The Kier molecular flexibility index (Phi) is 7.40. The Morgan fingerprint density at radius 1 is 1.29 bits per heavy atom. The third-order valence-electron chi connectivity index (χ3n) is 6.26. The van der Waals surface area contributed by atoms with Gasteiger partial charge in [-0.1, -0.05) is 11.6 Å². The quantitative estimate of drug-likeness (QED) is 0.527. The van der Waals surface area contributed by atoms with E-state index in [2.05, 4.69) is 16.7 Å². The maximum Gasteiger partial charge on any atom is 0.338 e. The SMILES string of the molecule is COc1cc(F)c(C(=O)O)cc1-c1cc(Cl)ccc1OCCN1CNC2CNC(C#N)CC2C1=O. The Morgan fingerprint density at radius 3 is 2.77 bits per heavy atom. The topological polar surface area (TPSA) is 124 Å². The molecule has 2 aliphatic heterocycles. The van der Waals surface area contributed by atoms with Gasteiger partial charge in [-0.25, -0.2) is 9.18 Å². The Morgan fingerprint density at radius 2 is 2.06 bits per heavy atom. The van der Waals surface area contributed by atoms with E-state index in [9.17, 15) is 24.3 Å². The predicted molar refractivity (Wildman–Crippen MR) is 125 cm³/mol. The average Bonchev–Trinajstić information content (AvgIpc) is 2.85. The molecule has 2 aromatic rings. The number of hydrogen-bond donors (Lipinski definition) is 3. The third kappa shape index (κ3) is 5.17. The molecule has 0 aliphatic carbocycles. The number of nitrogens with zero attached hydrogens (tertiary/aromatic N) is 2. The molecule has 3 atom stereocenters. The zero-order valence-electron chi connectivity index (χ0n) is 18.9. The van der Waals surface area contributed by atoms with E-state index in [4.69, 9.17) is 21.1 Å². The molecule has 2 aromatic carbocycles. The summed E-state index contributed by atoms with van der Waals surface area (Å²) >= 11 is 6.18. The molecule has 0 bridgehead atoms. The van der Waals surface area contributed by atoms with Gasteiger partial charge in [-0.05, 0) is 30.7 Å². The number of carboxylic acids is 1. The van der Waals surface area contributed by atoms with Gasteiger partial charge < -0.3 is 24.8 Å². The van der Waals surface area contributed by atoms with Gasteiger partial charge in [0.1, 0.15) is 23.9 Å².